The van der Waals surface area contributed by atoms with Crippen molar-refractivity contribution in [3.05, 3.63) is 28.8 Å². The van der Waals surface area contributed by atoms with Gasteiger partial charge in [-0.05, 0) is 39.0 Å². The average Bonchev–Trinajstić information content (AvgIpc) is 2.43. The van der Waals surface area contributed by atoms with Crippen LogP contribution in [-0.2, 0) is 19.6 Å². The number of halogens is 1. The van der Waals surface area contributed by atoms with E-state index >= 15 is 0 Å². The van der Waals surface area contributed by atoms with E-state index in [1.807, 2.05) is 0 Å². The molecule has 0 aromatic heterocycles. The van der Waals surface area contributed by atoms with Gasteiger partial charge in [-0.1, -0.05) is 11.6 Å². The summed E-state index contributed by atoms with van der Waals surface area (Å²) in [5, 5.41) is 0.0553. The molecule has 0 fully saturated rings. The van der Waals surface area contributed by atoms with Crippen molar-refractivity contribution in [2.24, 2.45) is 0 Å². The molecule has 0 saturated carbocycles. The van der Waals surface area contributed by atoms with E-state index in [1.54, 1.807) is 13.8 Å². The van der Waals surface area contributed by atoms with Crippen LogP contribution in [-0.4, -0.2) is 44.2 Å². The molecule has 0 saturated heterocycles. The summed E-state index contributed by atoms with van der Waals surface area (Å²) in [7, 11) is -2.30. The van der Waals surface area contributed by atoms with Crippen molar-refractivity contribution in [1.82, 2.24) is 4.31 Å². The van der Waals surface area contributed by atoms with Crippen LogP contribution in [0.2, 0.25) is 5.02 Å². The van der Waals surface area contributed by atoms with Crippen LogP contribution in [0.4, 0.5) is 0 Å². The molecule has 0 bridgehead atoms. The quantitative estimate of drug-likeness (QED) is 0.736. The first-order chi connectivity index (χ1) is 10.1. The summed E-state index contributed by atoms with van der Waals surface area (Å²) < 4.78 is 30.8. The molecule has 6 nitrogen and oxygen atoms in total. The highest BCUT2D eigenvalue weighted by Gasteiger charge is 2.25. The Balaban J connectivity index is 3.19. The summed E-state index contributed by atoms with van der Waals surface area (Å²) in [5.74, 6) is -1.17. The van der Waals surface area contributed by atoms with Crippen molar-refractivity contribution in [2.45, 2.75) is 31.7 Å². The highest BCUT2D eigenvalue weighted by Crippen LogP contribution is 2.24. The van der Waals surface area contributed by atoms with E-state index in [0.717, 1.165) is 6.07 Å². The number of ketones is 1. The predicted octanol–water partition coefficient (Wildman–Crippen LogP) is 2.11. The standard InChI is InChI=1S/C14H18ClNO5S/c1-9(2)16(4)22(19,20)11-5-6-13(15)12(7-11)14(18)21-8-10(3)17/h5-7,9H,8H2,1-4H3. The van der Waals surface area contributed by atoms with Gasteiger partial charge in [0.15, 0.2) is 5.78 Å². The number of benzene rings is 1. The first kappa shape index (κ1) is 18.6. The molecule has 0 aliphatic rings. The Morgan fingerprint density at radius 2 is 1.91 bits per heavy atom. The van der Waals surface area contributed by atoms with E-state index in [4.69, 9.17) is 16.3 Å². The molecular weight excluding hydrogens is 330 g/mol. The number of carbonyl (C=O) groups excluding carboxylic acids is 2. The first-order valence-corrected chi connectivity index (χ1v) is 8.33. The zero-order valence-electron chi connectivity index (χ0n) is 12.8. The number of rotatable bonds is 6. The second kappa shape index (κ2) is 7.21. The Labute approximate surface area is 135 Å². The second-order valence-corrected chi connectivity index (χ2v) is 7.44. The van der Waals surface area contributed by atoms with E-state index in [-0.39, 0.29) is 27.3 Å². The molecule has 1 aromatic carbocycles. The SMILES string of the molecule is CC(=O)COC(=O)c1cc(S(=O)(=O)N(C)C(C)C)ccc1Cl. The lowest BCUT2D eigenvalue weighted by Gasteiger charge is -2.21. The molecule has 0 unspecified atom stereocenters. The van der Waals surface area contributed by atoms with E-state index in [2.05, 4.69) is 0 Å². The summed E-state index contributed by atoms with van der Waals surface area (Å²) in [6.07, 6.45) is 0. The highest BCUT2D eigenvalue weighted by atomic mass is 35.5. The molecule has 0 amide bonds. The van der Waals surface area contributed by atoms with E-state index < -0.39 is 22.6 Å². The molecule has 1 rings (SSSR count). The number of hydrogen-bond donors (Lipinski definition) is 0. The van der Waals surface area contributed by atoms with Gasteiger partial charge in [0.2, 0.25) is 10.0 Å². The maximum atomic E-state index is 12.4. The van der Waals surface area contributed by atoms with Gasteiger partial charge in [0.05, 0.1) is 15.5 Å². The number of hydrogen-bond acceptors (Lipinski definition) is 5. The highest BCUT2D eigenvalue weighted by molar-refractivity contribution is 7.89. The molecule has 122 valence electrons. The fourth-order valence-electron chi connectivity index (χ4n) is 1.51. The summed E-state index contributed by atoms with van der Waals surface area (Å²) in [6.45, 7) is 4.34. The number of esters is 1. The van der Waals surface area contributed by atoms with Gasteiger partial charge in [-0.2, -0.15) is 4.31 Å². The van der Waals surface area contributed by atoms with Crippen LogP contribution in [0.25, 0.3) is 0 Å². The fraction of sp³-hybridized carbons (Fsp3) is 0.429. The zero-order valence-corrected chi connectivity index (χ0v) is 14.4. The van der Waals surface area contributed by atoms with E-state index in [9.17, 15) is 18.0 Å². The number of carbonyl (C=O) groups is 2. The van der Waals surface area contributed by atoms with Crippen molar-refractivity contribution in [3.8, 4) is 0 Å². The van der Waals surface area contributed by atoms with Crippen LogP contribution in [0, 0.1) is 0 Å². The number of ether oxygens (including phenoxy) is 1. The van der Waals surface area contributed by atoms with Gasteiger partial charge >= 0.3 is 5.97 Å². The molecule has 1 aromatic rings. The van der Waals surface area contributed by atoms with Crippen LogP contribution < -0.4 is 0 Å². The van der Waals surface area contributed by atoms with Gasteiger partial charge in [0, 0.05) is 13.1 Å². The third-order valence-electron chi connectivity index (χ3n) is 2.97. The fourth-order valence-corrected chi connectivity index (χ4v) is 3.10. The molecule has 0 N–H and O–H groups in total. The van der Waals surface area contributed by atoms with Crippen molar-refractivity contribution in [3.63, 3.8) is 0 Å². The third kappa shape index (κ3) is 4.28. The Kier molecular flexibility index (Phi) is 6.10. The summed E-state index contributed by atoms with van der Waals surface area (Å²) in [5.41, 5.74) is -0.0962. The lowest BCUT2D eigenvalue weighted by Crippen LogP contribution is -2.33. The topological polar surface area (TPSA) is 80.8 Å². The molecule has 0 heterocycles. The van der Waals surface area contributed by atoms with Gasteiger partial charge in [-0.3, -0.25) is 4.79 Å². The van der Waals surface area contributed by atoms with Crippen LogP contribution in [0.5, 0.6) is 0 Å². The Morgan fingerprint density at radius 1 is 1.32 bits per heavy atom. The van der Waals surface area contributed by atoms with Gasteiger partial charge < -0.3 is 4.74 Å². The number of sulfonamides is 1. The first-order valence-electron chi connectivity index (χ1n) is 6.51. The van der Waals surface area contributed by atoms with Gasteiger partial charge in [0.25, 0.3) is 0 Å². The monoisotopic (exact) mass is 347 g/mol. The third-order valence-corrected chi connectivity index (χ3v) is 5.33. The molecule has 22 heavy (non-hydrogen) atoms. The lowest BCUT2D eigenvalue weighted by molar-refractivity contribution is -0.120. The maximum absolute atomic E-state index is 12.4. The summed E-state index contributed by atoms with van der Waals surface area (Å²) in [4.78, 5) is 22.7. The van der Waals surface area contributed by atoms with Crippen LogP contribution in [0.3, 0.4) is 0 Å². The van der Waals surface area contributed by atoms with Crippen molar-refractivity contribution >= 4 is 33.4 Å². The molecule has 0 radical (unpaired) electrons. The van der Waals surface area contributed by atoms with Gasteiger partial charge in [0.1, 0.15) is 6.61 Å². The Bertz CT molecular complexity index is 684. The van der Waals surface area contributed by atoms with Crippen LogP contribution in [0.1, 0.15) is 31.1 Å². The molecule has 0 aliphatic heterocycles. The Morgan fingerprint density at radius 3 is 2.41 bits per heavy atom. The smallest absolute Gasteiger partial charge is 0.340 e. The summed E-state index contributed by atoms with van der Waals surface area (Å²) >= 11 is 5.90. The van der Waals surface area contributed by atoms with Crippen LogP contribution >= 0.6 is 11.6 Å². The predicted molar refractivity (Wildman–Crippen MR) is 82.5 cm³/mol. The Hall–Kier alpha value is -1.44. The molecular formula is C14H18ClNO5S. The van der Waals surface area contributed by atoms with Crippen molar-refractivity contribution in [2.75, 3.05) is 13.7 Å². The largest absolute Gasteiger partial charge is 0.454 e. The minimum absolute atomic E-state index is 0.0553. The van der Waals surface area contributed by atoms with Crippen LogP contribution in [0.15, 0.2) is 23.1 Å². The maximum Gasteiger partial charge on any atom is 0.340 e. The number of nitrogens with zero attached hydrogens (tertiary/aromatic N) is 1. The average molecular weight is 348 g/mol. The molecule has 8 heteroatoms. The lowest BCUT2D eigenvalue weighted by atomic mass is 10.2. The molecule has 0 aliphatic carbocycles. The van der Waals surface area contributed by atoms with E-state index in [1.165, 1.54) is 30.4 Å². The molecule has 0 atom stereocenters. The van der Waals surface area contributed by atoms with Gasteiger partial charge in [-0.15, -0.1) is 0 Å². The van der Waals surface area contributed by atoms with Gasteiger partial charge in [-0.25, -0.2) is 13.2 Å². The normalized spacial score (nSPS) is 11.8. The number of Topliss-reactive ketones (excluding diaryl/α,β-unsaturated/α-hetero) is 1. The second-order valence-electron chi connectivity index (χ2n) is 5.03. The minimum atomic E-state index is -3.74. The summed E-state index contributed by atoms with van der Waals surface area (Å²) in [6, 6.07) is 3.54. The van der Waals surface area contributed by atoms with Crippen molar-refractivity contribution in [1.29, 1.82) is 0 Å². The zero-order chi connectivity index (χ0) is 17.1. The minimum Gasteiger partial charge on any atom is -0.454 e. The van der Waals surface area contributed by atoms with Crippen molar-refractivity contribution < 1.29 is 22.7 Å². The van der Waals surface area contributed by atoms with E-state index in [0.29, 0.717) is 0 Å². The molecule has 0 spiro atoms.